The second kappa shape index (κ2) is 7.62. The molecule has 32 heavy (non-hydrogen) atoms. The van der Waals surface area contributed by atoms with Gasteiger partial charge in [0.15, 0.2) is 0 Å². The number of alkyl halides is 6. The number of benzene rings is 2. The van der Waals surface area contributed by atoms with Crippen LogP contribution in [0.3, 0.4) is 0 Å². The molecule has 2 aromatic carbocycles. The third-order valence-corrected chi connectivity index (χ3v) is 5.12. The summed E-state index contributed by atoms with van der Waals surface area (Å²) in [5, 5.41) is 12.8. The average Bonchev–Trinajstić information content (AvgIpc) is 3.35. The van der Waals surface area contributed by atoms with Gasteiger partial charge in [-0.2, -0.15) is 31.0 Å². The Labute approximate surface area is 185 Å². The molecule has 0 fully saturated rings. The van der Waals surface area contributed by atoms with Gasteiger partial charge in [0.2, 0.25) is 0 Å². The number of halogens is 8. The number of tetrazole rings is 1. The quantitative estimate of drug-likeness (QED) is 0.445. The summed E-state index contributed by atoms with van der Waals surface area (Å²) in [5.41, 5.74) is -3.07. The Kier molecular flexibility index (Phi) is 5.32. The van der Waals surface area contributed by atoms with Crippen molar-refractivity contribution in [2.45, 2.75) is 24.4 Å². The van der Waals surface area contributed by atoms with Crippen LogP contribution in [0.4, 0.5) is 26.3 Å². The molecular formula is C18H9Cl2F6N5O. The molecule has 6 nitrogen and oxygen atoms in total. The van der Waals surface area contributed by atoms with Gasteiger partial charge in [-0.25, -0.2) is 0 Å². The largest absolute Gasteiger partial charge is 0.453 e. The van der Waals surface area contributed by atoms with Crippen molar-refractivity contribution in [3.05, 3.63) is 69.5 Å². The maximum Gasteiger partial charge on any atom is 0.453 e. The van der Waals surface area contributed by atoms with Gasteiger partial charge in [-0.3, -0.25) is 0 Å². The van der Waals surface area contributed by atoms with Crippen molar-refractivity contribution < 1.29 is 31.2 Å². The second-order valence-electron chi connectivity index (χ2n) is 6.75. The minimum atomic E-state index is -4.87. The Balaban J connectivity index is 1.66. The zero-order valence-corrected chi connectivity index (χ0v) is 16.9. The maximum atomic E-state index is 14.0. The zero-order chi connectivity index (χ0) is 23.3. The predicted molar refractivity (Wildman–Crippen MR) is 101 cm³/mol. The fourth-order valence-corrected chi connectivity index (χ4v) is 3.70. The first-order valence-corrected chi connectivity index (χ1v) is 9.41. The van der Waals surface area contributed by atoms with E-state index in [0.29, 0.717) is 4.68 Å². The van der Waals surface area contributed by atoms with Crippen LogP contribution in [0.2, 0.25) is 10.0 Å². The Morgan fingerprint density at radius 2 is 1.56 bits per heavy atom. The molecule has 0 saturated heterocycles. The monoisotopic (exact) mass is 495 g/mol. The summed E-state index contributed by atoms with van der Waals surface area (Å²) >= 11 is 11.7. The van der Waals surface area contributed by atoms with Crippen molar-refractivity contribution in [2.75, 3.05) is 0 Å². The number of aromatic nitrogens is 4. The summed E-state index contributed by atoms with van der Waals surface area (Å²) in [6, 6.07) is 8.45. The minimum Gasteiger partial charge on any atom is -0.374 e. The van der Waals surface area contributed by atoms with E-state index in [-0.39, 0.29) is 32.6 Å². The highest BCUT2D eigenvalue weighted by Gasteiger charge is 2.62. The van der Waals surface area contributed by atoms with E-state index in [1.165, 1.54) is 30.3 Å². The van der Waals surface area contributed by atoms with Gasteiger partial charge in [0, 0.05) is 22.0 Å². The lowest BCUT2D eigenvalue weighted by atomic mass is 9.86. The van der Waals surface area contributed by atoms with Crippen molar-refractivity contribution in [3.8, 4) is 5.69 Å². The van der Waals surface area contributed by atoms with Crippen LogP contribution in [-0.2, 0) is 16.6 Å². The predicted octanol–water partition coefficient (Wildman–Crippen LogP) is 5.57. The van der Waals surface area contributed by atoms with Gasteiger partial charge in [-0.15, -0.1) is 5.10 Å². The molecule has 4 rings (SSSR count). The SMILES string of the molecule is FC(F)(F)c1nnnn1-c1ccc(C2=NOC(c3cc(Cl)cc(Cl)c3)(C(F)(F)F)C2)cc1. The van der Waals surface area contributed by atoms with Crippen molar-refractivity contribution in [1.29, 1.82) is 0 Å². The normalized spacial score (nSPS) is 19.1. The molecule has 0 bridgehead atoms. The molecule has 0 saturated carbocycles. The topological polar surface area (TPSA) is 65.2 Å². The van der Waals surface area contributed by atoms with E-state index in [9.17, 15) is 26.3 Å². The smallest absolute Gasteiger partial charge is 0.374 e. The number of hydrogen-bond donors (Lipinski definition) is 0. The molecule has 0 radical (unpaired) electrons. The molecule has 3 aromatic rings. The van der Waals surface area contributed by atoms with Crippen LogP contribution in [0.25, 0.3) is 5.69 Å². The minimum absolute atomic E-state index is 0.0144. The Bertz CT molecular complexity index is 1170. The number of rotatable bonds is 3. The molecular weight excluding hydrogens is 487 g/mol. The van der Waals surface area contributed by atoms with E-state index in [4.69, 9.17) is 28.0 Å². The molecule has 1 unspecified atom stereocenters. The van der Waals surface area contributed by atoms with E-state index in [1.807, 2.05) is 0 Å². The van der Waals surface area contributed by atoms with Crippen LogP contribution in [0.1, 0.15) is 23.4 Å². The fourth-order valence-electron chi connectivity index (χ4n) is 3.18. The number of nitrogens with zero attached hydrogens (tertiary/aromatic N) is 5. The van der Waals surface area contributed by atoms with Gasteiger partial charge < -0.3 is 4.84 Å². The second-order valence-corrected chi connectivity index (χ2v) is 7.62. The van der Waals surface area contributed by atoms with Gasteiger partial charge in [-0.1, -0.05) is 40.5 Å². The van der Waals surface area contributed by atoms with Gasteiger partial charge in [0.1, 0.15) is 0 Å². The summed E-state index contributed by atoms with van der Waals surface area (Å²) in [6.45, 7) is 0. The molecule has 168 valence electrons. The highest BCUT2D eigenvalue weighted by molar-refractivity contribution is 6.34. The Morgan fingerprint density at radius 3 is 2.12 bits per heavy atom. The molecule has 0 spiro atoms. The fraction of sp³-hybridized carbons (Fsp3) is 0.222. The highest BCUT2D eigenvalue weighted by Crippen LogP contribution is 2.49. The van der Waals surface area contributed by atoms with Gasteiger partial charge >= 0.3 is 12.4 Å². The van der Waals surface area contributed by atoms with Gasteiger partial charge in [0.25, 0.3) is 11.4 Å². The summed E-state index contributed by atoms with van der Waals surface area (Å²) < 4.78 is 81.5. The molecule has 1 aromatic heterocycles. The summed E-state index contributed by atoms with van der Waals surface area (Å²) in [7, 11) is 0. The van der Waals surface area contributed by atoms with Crippen molar-refractivity contribution in [1.82, 2.24) is 20.2 Å². The number of oxime groups is 1. The van der Waals surface area contributed by atoms with Crippen LogP contribution in [0.5, 0.6) is 0 Å². The van der Waals surface area contributed by atoms with Crippen LogP contribution < -0.4 is 0 Å². The molecule has 1 aliphatic heterocycles. The summed E-state index contributed by atoms with van der Waals surface area (Å²) in [5.74, 6) is -1.35. The molecule has 14 heteroatoms. The van der Waals surface area contributed by atoms with E-state index >= 15 is 0 Å². The van der Waals surface area contributed by atoms with E-state index in [0.717, 1.165) is 12.1 Å². The molecule has 0 aliphatic carbocycles. The van der Waals surface area contributed by atoms with E-state index in [1.54, 1.807) is 0 Å². The number of hydrogen-bond acceptors (Lipinski definition) is 5. The lowest BCUT2D eigenvalue weighted by Crippen LogP contribution is -2.42. The first-order chi connectivity index (χ1) is 14.9. The zero-order valence-electron chi connectivity index (χ0n) is 15.4. The van der Waals surface area contributed by atoms with Crippen LogP contribution in [0.15, 0.2) is 47.6 Å². The van der Waals surface area contributed by atoms with Crippen molar-refractivity contribution in [2.24, 2.45) is 5.16 Å². The Hall–Kier alpha value is -2.86. The van der Waals surface area contributed by atoms with Crippen molar-refractivity contribution in [3.63, 3.8) is 0 Å². The van der Waals surface area contributed by atoms with Crippen LogP contribution >= 0.6 is 23.2 Å². The molecule has 2 heterocycles. The van der Waals surface area contributed by atoms with Crippen LogP contribution in [0, 0.1) is 0 Å². The molecule has 0 N–H and O–H groups in total. The van der Waals surface area contributed by atoms with E-state index < -0.39 is 30.2 Å². The Morgan fingerprint density at radius 1 is 0.938 bits per heavy atom. The third kappa shape index (κ3) is 3.88. The maximum absolute atomic E-state index is 14.0. The molecule has 0 amide bonds. The van der Waals surface area contributed by atoms with Gasteiger partial charge in [0.05, 0.1) is 11.4 Å². The lowest BCUT2D eigenvalue weighted by molar-refractivity contribution is -0.275. The van der Waals surface area contributed by atoms with Crippen molar-refractivity contribution >= 4 is 28.9 Å². The van der Waals surface area contributed by atoms with Gasteiger partial charge in [-0.05, 0) is 46.3 Å². The standard InChI is InChI=1S/C18H9Cl2F6N5O/c19-11-5-10(6-12(20)7-11)16(18(24,25)26)8-14(28-32-16)9-1-3-13(4-2-9)31-15(17(21,22)23)27-29-30-31/h1-7H,8H2. The first kappa shape index (κ1) is 22.3. The summed E-state index contributed by atoms with van der Waals surface area (Å²) in [4.78, 5) is 4.89. The van der Waals surface area contributed by atoms with E-state index in [2.05, 4.69) is 20.7 Å². The first-order valence-electron chi connectivity index (χ1n) is 8.65. The molecule has 1 aliphatic rings. The third-order valence-electron chi connectivity index (χ3n) is 4.68. The molecule has 1 atom stereocenters. The highest BCUT2D eigenvalue weighted by atomic mass is 35.5. The van der Waals surface area contributed by atoms with Crippen LogP contribution in [-0.4, -0.2) is 32.1 Å². The lowest BCUT2D eigenvalue weighted by Gasteiger charge is -2.29. The average molecular weight is 496 g/mol. The summed E-state index contributed by atoms with van der Waals surface area (Å²) in [6.07, 6.45) is -10.4.